The third kappa shape index (κ3) is 3.88. The van der Waals surface area contributed by atoms with E-state index in [0.717, 1.165) is 0 Å². The molecule has 7 heteroatoms. The second-order valence-corrected chi connectivity index (χ2v) is 3.92. The van der Waals surface area contributed by atoms with Gasteiger partial charge < -0.3 is 14.8 Å². The number of carbonyl (C=O) groups excluding carboxylic acids is 1. The predicted octanol–water partition coefficient (Wildman–Crippen LogP) is 3.21. The molecule has 0 aliphatic heterocycles. The van der Waals surface area contributed by atoms with E-state index < -0.39 is 12.6 Å². The van der Waals surface area contributed by atoms with Crippen molar-refractivity contribution in [3.8, 4) is 5.75 Å². The molecule has 0 atom stereocenters. The second-order valence-electron chi connectivity index (χ2n) is 3.92. The van der Waals surface area contributed by atoms with Crippen molar-refractivity contribution in [3.05, 3.63) is 48.2 Å². The summed E-state index contributed by atoms with van der Waals surface area (Å²) < 4.78 is 33.7. The third-order valence-corrected chi connectivity index (χ3v) is 2.55. The Labute approximate surface area is 119 Å². The molecule has 0 aliphatic rings. The van der Waals surface area contributed by atoms with Crippen LogP contribution in [0.15, 0.2) is 42.6 Å². The fraction of sp³-hybridized carbons (Fsp3) is 0.143. The number of hydrogen-bond donors (Lipinski definition) is 1. The van der Waals surface area contributed by atoms with Crippen molar-refractivity contribution in [2.75, 3.05) is 12.4 Å². The highest BCUT2D eigenvalue weighted by Gasteiger charge is 2.11. The number of aromatic nitrogens is 1. The summed E-state index contributed by atoms with van der Waals surface area (Å²) in [5, 5.41) is 2.82. The van der Waals surface area contributed by atoms with Gasteiger partial charge in [-0.3, -0.25) is 0 Å². The predicted molar refractivity (Wildman–Crippen MR) is 71.9 cm³/mol. The lowest BCUT2D eigenvalue weighted by Crippen LogP contribution is -2.06. The smallest absolute Gasteiger partial charge is 0.387 e. The number of methoxy groups -OCH3 is 1. The molecule has 0 radical (unpaired) electrons. The van der Waals surface area contributed by atoms with E-state index >= 15 is 0 Å². The summed E-state index contributed by atoms with van der Waals surface area (Å²) in [6.45, 7) is -2.93. The van der Waals surface area contributed by atoms with E-state index in [-0.39, 0.29) is 5.75 Å². The van der Waals surface area contributed by atoms with Crippen LogP contribution in [0.2, 0.25) is 0 Å². The number of esters is 1. The number of ether oxygens (including phenoxy) is 2. The van der Waals surface area contributed by atoms with E-state index in [1.165, 1.54) is 31.5 Å². The largest absolute Gasteiger partial charge is 0.465 e. The first-order chi connectivity index (χ1) is 10.1. The number of para-hydroxylation sites is 2. The Morgan fingerprint density at radius 2 is 2.05 bits per heavy atom. The molecule has 0 saturated heterocycles. The lowest BCUT2D eigenvalue weighted by molar-refractivity contribution is -0.0493. The van der Waals surface area contributed by atoms with Crippen molar-refractivity contribution in [2.24, 2.45) is 0 Å². The Kier molecular flexibility index (Phi) is 4.65. The van der Waals surface area contributed by atoms with Gasteiger partial charge in [0.15, 0.2) is 0 Å². The fourth-order valence-electron chi connectivity index (χ4n) is 1.65. The summed E-state index contributed by atoms with van der Waals surface area (Å²) in [4.78, 5) is 15.4. The van der Waals surface area contributed by atoms with Crippen LogP contribution in [0.1, 0.15) is 10.4 Å². The van der Waals surface area contributed by atoms with Gasteiger partial charge >= 0.3 is 12.6 Å². The van der Waals surface area contributed by atoms with Crippen LogP contribution in [0.5, 0.6) is 5.75 Å². The number of halogens is 2. The number of pyridine rings is 1. The first-order valence-corrected chi connectivity index (χ1v) is 5.95. The molecule has 110 valence electrons. The summed E-state index contributed by atoms with van der Waals surface area (Å²) in [6, 6.07) is 9.12. The van der Waals surface area contributed by atoms with E-state index in [1.807, 2.05) is 0 Å². The van der Waals surface area contributed by atoms with Gasteiger partial charge in [0, 0.05) is 6.20 Å². The van der Waals surface area contributed by atoms with Gasteiger partial charge in [-0.15, -0.1) is 0 Å². The second kappa shape index (κ2) is 6.65. The number of benzene rings is 1. The summed E-state index contributed by atoms with van der Waals surface area (Å²) in [5.41, 5.74) is 0.606. The molecule has 0 fully saturated rings. The van der Waals surface area contributed by atoms with Crippen molar-refractivity contribution in [2.45, 2.75) is 6.61 Å². The van der Waals surface area contributed by atoms with E-state index in [9.17, 15) is 13.6 Å². The van der Waals surface area contributed by atoms with Gasteiger partial charge in [0.25, 0.3) is 0 Å². The molecule has 1 aromatic heterocycles. The third-order valence-electron chi connectivity index (χ3n) is 2.55. The maximum atomic E-state index is 12.3. The quantitative estimate of drug-likeness (QED) is 0.858. The molecule has 0 saturated carbocycles. The van der Waals surface area contributed by atoms with Gasteiger partial charge in [-0.1, -0.05) is 12.1 Å². The van der Waals surface area contributed by atoms with Gasteiger partial charge in [0.2, 0.25) is 0 Å². The van der Waals surface area contributed by atoms with Crippen LogP contribution in [0.25, 0.3) is 0 Å². The molecule has 0 bridgehead atoms. The standard InChI is InChI=1S/C14H12F2N2O3/c1-20-13(19)9-6-7-17-12(8-9)18-10-4-2-3-5-11(10)21-14(15)16/h2-8,14H,1H3,(H,17,18). The molecular formula is C14H12F2N2O3. The van der Waals surface area contributed by atoms with Gasteiger partial charge in [-0.2, -0.15) is 8.78 Å². The topological polar surface area (TPSA) is 60.5 Å². The number of anilines is 2. The Morgan fingerprint density at radius 3 is 2.76 bits per heavy atom. The minimum absolute atomic E-state index is 0.0160. The van der Waals surface area contributed by atoms with Crippen molar-refractivity contribution in [1.82, 2.24) is 4.98 Å². The maximum Gasteiger partial charge on any atom is 0.387 e. The highest BCUT2D eigenvalue weighted by atomic mass is 19.3. The number of alkyl halides is 2. The summed E-state index contributed by atoms with van der Waals surface area (Å²) in [6.07, 6.45) is 1.41. The molecule has 1 heterocycles. The van der Waals surface area contributed by atoms with Gasteiger partial charge in [0.1, 0.15) is 11.6 Å². The SMILES string of the molecule is COC(=O)c1ccnc(Nc2ccccc2OC(F)F)c1. The van der Waals surface area contributed by atoms with Crippen LogP contribution in [-0.4, -0.2) is 24.7 Å². The average Bonchev–Trinajstić information content (AvgIpc) is 2.48. The van der Waals surface area contributed by atoms with Gasteiger partial charge in [-0.25, -0.2) is 9.78 Å². The molecule has 0 amide bonds. The Bertz CT molecular complexity index is 635. The molecule has 21 heavy (non-hydrogen) atoms. The van der Waals surface area contributed by atoms with Crippen molar-refractivity contribution in [3.63, 3.8) is 0 Å². The first-order valence-electron chi connectivity index (χ1n) is 5.95. The monoisotopic (exact) mass is 294 g/mol. The van der Waals surface area contributed by atoms with Crippen LogP contribution >= 0.6 is 0 Å². The lowest BCUT2D eigenvalue weighted by atomic mass is 10.2. The number of nitrogens with one attached hydrogen (secondary N) is 1. The molecule has 0 aliphatic carbocycles. The van der Waals surface area contributed by atoms with Crippen molar-refractivity contribution in [1.29, 1.82) is 0 Å². The van der Waals surface area contributed by atoms with Crippen LogP contribution in [0.4, 0.5) is 20.3 Å². The van der Waals surface area contributed by atoms with E-state index in [2.05, 4.69) is 19.8 Å². The van der Waals surface area contributed by atoms with Crippen LogP contribution in [-0.2, 0) is 4.74 Å². The molecule has 0 spiro atoms. The van der Waals surface area contributed by atoms with Crippen molar-refractivity contribution >= 4 is 17.5 Å². The fourth-order valence-corrected chi connectivity index (χ4v) is 1.65. The average molecular weight is 294 g/mol. The van der Waals surface area contributed by atoms with Gasteiger partial charge in [0.05, 0.1) is 18.4 Å². The normalized spacial score (nSPS) is 10.3. The van der Waals surface area contributed by atoms with Crippen LogP contribution in [0, 0.1) is 0 Å². The van der Waals surface area contributed by atoms with E-state index in [0.29, 0.717) is 17.1 Å². The van der Waals surface area contributed by atoms with Gasteiger partial charge in [-0.05, 0) is 24.3 Å². The molecule has 5 nitrogen and oxygen atoms in total. The minimum atomic E-state index is -2.93. The summed E-state index contributed by atoms with van der Waals surface area (Å²) >= 11 is 0. The van der Waals surface area contributed by atoms with Crippen LogP contribution < -0.4 is 10.1 Å². The zero-order chi connectivity index (χ0) is 15.2. The maximum absolute atomic E-state index is 12.3. The molecule has 0 unspecified atom stereocenters. The Hall–Kier alpha value is -2.70. The summed E-state index contributed by atoms with van der Waals surface area (Å²) in [5.74, 6) is -0.224. The highest BCUT2D eigenvalue weighted by Crippen LogP contribution is 2.28. The van der Waals surface area contributed by atoms with Crippen LogP contribution in [0.3, 0.4) is 0 Å². The molecule has 2 aromatic rings. The molecule has 1 N–H and O–H groups in total. The highest BCUT2D eigenvalue weighted by molar-refractivity contribution is 5.90. The lowest BCUT2D eigenvalue weighted by Gasteiger charge is -2.12. The number of nitrogens with zero attached hydrogens (tertiary/aromatic N) is 1. The molecule has 1 aromatic carbocycles. The van der Waals surface area contributed by atoms with E-state index in [1.54, 1.807) is 18.2 Å². The minimum Gasteiger partial charge on any atom is -0.465 e. The summed E-state index contributed by atoms with van der Waals surface area (Å²) in [7, 11) is 1.27. The number of rotatable bonds is 5. The molecular weight excluding hydrogens is 282 g/mol. The number of hydrogen-bond acceptors (Lipinski definition) is 5. The van der Waals surface area contributed by atoms with Crippen molar-refractivity contribution < 1.29 is 23.0 Å². The zero-order valence-electron chi connectivity index (χ0n) is 11.0. The number of carbonyl (C=O) groups is 1. The molecule has 2 rings (SSSR count). The van der Waals surface area contributed by atoms with E-state index in [4.69, 9.17) is 0 Å². The Balaban J connectivity index is 2.24. The Morgan fingerprint density at radius 1 is 1.29 bits per heavy atom. The zero-order valence-corrected chi connectivity index (χ0v) is 11.0. The first kappa shape index (κ1) is 14.7.